The molecule has 1 fully saturated rings. The Labute approximate surface area is 486 Å². The summed E-state index contributed by atoms with van der Waals surface area (Å²) in [6, 6.07) is 28.8. The summed E-state index contributed by atoms with van der Waals surface area (Å²) in [6.07, 6.45) is 2.09. The van der Waals surface area contributed by atoms with Gasteiger partial charge in [-0.2, -0.15) is 0 Å². The van der Waals surface area contributed by atoms with E-state index in [1.807, 2.05) is 66.4 Å². The van der Waals surface area contributed by atoms with Crippen molar-refractivity contribution in [2.24, 2.45) is 0 Å². The molecule has 19 nitrogen and oxygen atoms in total. The third-order valence-electron chi connectivity index (χ3n) is 14.5. The monoisotopic (exact) mass is 1160 g/mol. The summed E-state index contributed by atoms with van der Waals surface area (Å²) in [5.74, 6) is 0.194. The zero-order valence-corrected chi connectivity index (χ0v) is 49.0. The Kier molecular flexibility index (Phi) is 19.8. The number of imide groups is 1. The lowest BCUT2D eigenvalue weighted by atomic mass is 10.1. The number of amides is 4. The van der Waals surface area contributed by atoms with E-state index in [2.05, 4.69) is 42.3 Å². The van der Waals surface area contributed by atoms with E-state index >= 15 is 0 Å². The van der Waals surface area contributed by atoms with Crippen LogP contribution in [0.15, 0.2) is 91.0 Å². The molecule has 5 aromatic rings. The van der Waals surface area contributed by atoms with Gasteiger partial charge in [-0.1, -0.05) is 58.0 Å². The van der Waals surface area contributed by atoms with Crippen molar-refractivity contribution in [2.75, 3.05) is 106 Å². The second-order valence-electron chi connectivity index (χ2n) is 21.1. The van der Waals surface area contributed by atoms with E-state index < -0.39 is 17.8 Å². The maximum atomic E-state index is 14.3. The number of anilines is 5. The number of hydrogen-bond donors (Lipinski definition) is 2. The highest BCUT2D eigenvalue weighted by molar-refractivity contribution is 8.77. The molecule has 0 aliphatic carbocycles. The Balaban J connectivity index is 0.968. The summed E-state index contributed by atoms with van der Waals surface area (Å²) in [4.78, 5) is 76.0. The Morgan fingerprint density at radius 2 is 1.39 bits per heavy atom. The first-order valence-corrected chi connectivity index (χ1v) is 29.9. The second kappa shape index (κ2) is 27.3. The van der Waals surface area contributed by atoms with Crippen molar-refractivity contribution in [3.63, 3.8) is 0 Å². The molecule has 4 amide bonds. The molecule has 82 heavy (non-hydrogen) atoms. The van der Waals surface area contributed by atoms with Crippen LogP contribution in [0.4, 0.5) is 28.4 Å². The number of para-hydroxylation sites is 2. The van der Waals surface area contributed by atoms with Gasteiger partial charge in [-0.15, -0.1) is 5.06 Å². The van der Waals surface area contributed by atoms with E-state index in [4.69, 9.17) is 43.7 Å². The minimum atomic E-state index is -0.626. The molecule has 9 rings (SSSR count). The Morgan fingerprint density at radius 1 is 0.756 bits per heavy atom. The van der Waals surface area contributed by atoms with Gasteiger partial charge in [0.25, 0.3) is 23.6 Å². The van der Waals surface area contributed by atoms with E-state index in [0.717, 1.165) is 52.2 Å². The number of carbonyl (C=O) groups excluding carboxylic acids is 5. The highest BCUT2D eigenvalue weighted by atomic mass is 33.1. The van der Waals surface area contributed by atoms with Gasteiger partial charge in [-0.25, -0.2) is 4.79 Å². The number of carbonyl (C=O) groups is 5. The van der Waals surface area contributed by atoms with E-state index in [1.165, 1.54) is 7.11 Å². The zero-order valence-electron chi connectivity index (χ0n) is 47.3. The number of nitrogens with two attached hydrogens (primary N) is 1. The molecule has 436 valence electrons. The third-order valence-corrected chi connectivity index (χ3v) is 17.9. The number of nitrogen functional groups attached to an aromatic ring is 1. The second-order valence-corrected chi connectivity index (χ2v) is 24.2. The fraction of sp³-hybridized carbons (Fsp3) is 0.426. The van der Waals surface area contributed by atoms with Crippen molar-refractivity contribution < 1.29 is 62.0 Å². The lowest BCUT2D eigenvalue weighted by Crippen LogP contribution is -2.39. The van der Waals surface area contributed by atoms with Gasteiger partial charge in [0.1, 0.15) is 13.2 Å². The standard InChI is InChI=1S/C61H72N6O13S2/c1-39-26-42-12-7-9-14-50(42)65(39)59(71)46-31-52(74-5)54(33-48(46)62)78-36-40-27-41(37-79-55-34-49-47(32-53(55)75-6)60(72)66-45(35-63-49)30-43-13-8-10-15-51(43)66)29-44(28-40)64(19-20-76-23-24-77-22-21-73-4)38-61(2,3)82-81-25-11-16-58(70)80-67-56(68)17-18-57(67)69/h7-10,12-15,27-29,31-34,39,45,63H,11,16-26,30,35-38,62H2,1-6H3/t39-,45+/m1/s1. The van der Waals surface area contributed by atoms with Gasteiger partial charge < -0.3 is 63.7 Å². The average Bonchev–Trinajstić information content (AvgIpc) is 4.25. The summed E-state index contributed by atoms with van der Waals surface area (Å²) in [5, 5.41) is 4.11. The van der Waals surface area contributed by atoms with Gasteiger partial charge in [-0.05, 0) is 105 Å². The summed E-state index contributed by atoms with van der Waals surface area (Å²) in [6.45, 7) is 10.2. The molecule has 5 aromatic carbocycles. The topological polar surface area (TPSA) is 210 Å². The number of rotatable bonds is 28. The number of hydroxylamine groups is 2. The number of ether oxygens (including phenoxy) is 7. The lowest BCUT2D eigenvalue weighted by molar-refractivity contribution is -0.197. The Hall–Kier alpha value is -7.17. The Bertz CT molecular complexity index is 3130. The van der Waals surface area contributed by atoms with Crippen molar-refractivity contribution >= 4 is 79.6 Å². The van der Waals surface area contributed by atoms with Crippen LogP contribution in [0.25, 0.3) is 0 Å². The van der Waals surface area contributed by atoms with Crippen LogP contribution < -0.4 is 44.7 Å². The maximum absolute atomic E-state index is 14.3. The molecule has 4 aliphatic rings. The molecule has 21 heteroatoms. The molecular formula is C61H72N6O13S2. The quantitative estimate of drug-likeness (QED) is 0.0207. The first-order valence-electron chi connectivity index (χ1n) is 27.6. The van der Waals surface area contributed by atoms with Crippen LogP contribution in [0, 0.1) is 0 Å². The molecule has 0 radical (unpaired) electrons. The summed E-state index contributed by atoms with van der Waals surface area (Å²) in [7, 11) is 8.01. The van der Waals surface area contributed by atoms with Crippen molar-refractivity contribution in [1.82, 2.24) is 5.06 Å². The first-order chi connectivity index (χ1) is 39.6. The number of fused-ring (bicyclic) bond motifs is 5. The van der Waals surface area contributed by atoms with Crippen LogP contribution in [0.1, 0.15) is 89.4 Å². The van der Waals surface area contributed by atoms with Gasteiger partial charge in [0.15, 0.2) is 23.0 Å². The number of benzene rings is 5. The summed E-state index contributed by atoms with van der Waals surface area (Å²) >= 11 is 0. The van der Waals surface area contributed by atoms with E-state index in [1.54, 1.807) is 58.9 Å². The van der Waals surface area contributed by atoms with Crippen molar-refractivity contribution in [2.45, 2.75) is 89.3 Å². The lowest BCUT2D eigenvalue weighted by Gasteiger charge is -2.34. The molecule has 4 aliphatic heterocycles. The minimum absolute atomic E-state index is 0.0361. The minimum Gasteiger partial charge on any atom is -0.493 e. The third kappa shape index (κ3) is 14.2. The van der Waals surface area contributed by atoms with Crippen molar-refractivity contribution in [3.05, 3.63) is 124 Å². The van der Waals surface area contributed by atoms with Gasteiger partial charge in [0, 0.05) is 97.4 Å². The van der Waals surface area contributed by atoms with Gasteiger partial charge in [0.05, 0.1) is 70.1 Å². The molecule has 4 heterocycles. The number of nitrogens with zero attached hydrogens (tertiary/aromatic N) is 4. The molecule has 0 aromatic heterocycles. The highest BCUT2D eigenvalue weighted by Gasteiger charge is 2.39. The van der Waals surface area contributed by atoms with Crippen LogP contribution in [-0.4, -0.2) is 131 Å². The van der Waals surface area contributed by atoms with Crippen LogP contribution in [0.3, 0.4) is 0 Å². The molecule has 3 N–H and O–H groups in total. The van der Waals surface area contributed by atoms with E-state index in [9.17, 15) is 24.0 Å². The average molecular weight is 1160 g/mol. The fourth-order valence-corrected chi connectivity index (χ4v) is 13.2. The summed E-state index contributed by atoms with van der Waals surface area (Å²) in [5.41, 5.74) is 14.9. The predicted octanol–water partition coefficient (Wildman–Crippen LogP) is 9.07. The van der Waals surface area contributed by atoms with Crippen molar-refractivity contribution in [3.8, 4) is 23.0 Å². The smallest absolute Gasteiger partial charge is 0.333 e. The number of hydrogen-bond acceptors (Lipinski definition) is 18. The van der Waals surface area contributed by atoms with Gasteiger partial charge in [-0.3, -0.25) is 19.2 Å². The molecule has 0 bridgehead atoms. The van der Waals surface area contributed by atoms with E-state index in [0.29, 0.717) is 110 Å². The SMILES string of the molecule is COCCOCCOCCN(CC(C)(C)SSCCCC(=O)ON1C(=O)CCC1=O)c1cc(COc2cc(N)c(C(=O)N3c4ccccc4C[C@H]3C)cc2OC)cc(COc2cc3c(cc2OC)C(=O)N2c4ccccc4C[C@H]2CN3)c1. The summed E-state index contributed by atoms with van der Waals surface area (Å²) < 4.78 is 41.6. The van der Waals surface area contributed by atoms with Gasteiger partial charge >= 0.3 is 5.97 Å². The van der Waals surface area contributed by atoms with E-state index in [-0.39, 0.29) is 66.8 Å². The molecule has 1 saturated heterocycles. The van der Waals surface area contributed by atoms with Crippen LogP contribution in [-0.2, 0) is 59.5 Å². The molecular weight excluding hydrogens is 1090 g/mol. The van der Waals surface area contributed by atoms with Crippen LogP contribution in [0.5, 0.6) is 23.0 Å². The zero-order chi connectivity index (χ0) is 57.9. The Morgan fingerprint density at radius 3 is 2.09 bits per heavy atom. The molecule has 0 saturated carbocycles. The predicted molar refractivity (Wildman–Crippen MR) is 317 cm³/mol. The van der Waals surface area contributed by atoms with Gasteiger partial charge in [0.2, 0.25) is 0 Å². The molecule has 0 spiro atoms. The number of nitrogens with one attached hydrogen (secondary N) is 1. The normalized spacial score (nSPS) is 16.3. The first kappa shape index (κ1) is 59.5. The fourth-order valence-electron chi connectivity index (χ4n) is 10.6. The highest BCUT2D eigenvalue weighted by Crippen LogP contribution is 2.43. The molecule has 2 atom stereocenters. The van der Waals surface area contributed by atoms with Crippen LogP contribution in [0.2, 0.25) is 0 Å². The number of methoxy groups -OCH3 is 3. The van der Waals surface area contributed by atoms with Crippen molar-refractivity contribution in [1.29, 1.82) is 0 Å². The maximum Gasteiger partial charge on any atom is 0.333 e. The van der Waals surface area contributed by atoms with Crippen LogP contribution >= 0.6 is 21.6 Å². The largest absolute Gasteiger partial charge is 0.493 e. The molecule has 0 unspecified atom stereocenters.